The second-order valence-electron chi connectivity index (χ2n) is 6.17. The number of anilines is 1. The van der Waals surface area contributed by atoms with E-state index in [9.17, 15) is 4.79 Å². The molecule has 3 rings (SSSR count). The van der Waals surface area contributed by atoms with E-state index in [4.69, 9.17) is 9.72 Å². The van der Waals surface area contributed by atoms with Crippen LogP contribution in [0.3, 0.4) is 0 Å². The van der Waals surface area contributed by atoms with E-state index < -0.39 is 0 Å². The van der Waals surface area contributed by atoms with Crippen molar-refractivity contribution in [1.82, 2.24) is 9.88 Å². The molecule has 142 valence electrons. The standard InChI is InChI=1S/C20H23N3O2S2/c1-4-25-16-8-5-9-17-19(16)21-20(27-17)23(13-12-22(2)3)18(24)11-10-15-7-6-14-26-15/h5-11,14H,4,12-13H2,1-3H3/b11-10+. The summed E-state index contributed by atoms with van der Waals surface area (Å²) >= 11 is 3.12. The van der Waals surface area contributed by atoms with E-state index in [1.54, 1.807) is 22.3 Å². The van der Waals surface area contributed by atoms with Crippen LogP contribution in [-0.4, -0.2) is 49.6 Å². The Hall–Kier alpha value is -2.22. The van der Waals surface area contributed by atoms with Gasteiger partial charge in [-0.05, 0) is 50.7 Å². The van der Waals surface area contributed by atoms with Crippen LogP contribution in [0.2, 0.25) is 0 Å². The van der Waals surface area contributed by atoms with E-state index >= 15 is 0 Å². The fourth-order valence-electron chi connectivity index (χ4n) is 2.53. The molecule has 5 nitrogen and oxygen atoms in total. The highest BCUT2D eigenvalue weighted by Crippen LogP contribution is 2.34. The van der Waals surface area contributed by atoms with Crippen LogP contribution in [0.15, 0.2) is 41.8 Å². The van der Waals surface area contributed by atoms with Gasteiger partial charge in [-0.1, -0.05) is 23.5 Å². The number of aromatic nitrogens is 1. The van der Waals surface area contributed by atoms with Gasteiger partial charge in [-0.3, -0.25) is 9.69 Å². The molecule has 0 aliphatic rings. The number of para-hydroxylation sites is 1. The average molecular weight is 402 g/mol. The molecule has 0 saturated carbocycles. The number of carbonyl (C=O) groups is 1. The Bertz CT molecular complexity index is 917. The molecule has 0 unspecified atom stereocenters. The lowest BCUT2D eigenvalue weighted by atomic mass is 10.3. The zero-order valence-corrected chi connectivity index (χ0v) is 17.3. The smallest absolute Gasteiger partial charge is 0.252 e. The maximum absolute atomic E-state index is 12.9. The van der Waals surface area contributed by atoms with Crippen LogP contribution in [0.5, 0.6) is 5.75 Å². The Morgan fingerprint density at radius 3 is 2.78 bits per heavy atom. The Morgan fingerprint density at radius 2 is 2.07 bits per heavy atom. The molecule has 0 saturated heterocycles. The first kappa shape index (κ1) is 19.5. The molecule has 0 aliphatic carbocycles. The van der Waals surface area contributed by atoms with Crippen molar-refractivity contribution in [3.8, 4) is 5.75 Å². The third kappa shape index (κ3) is 4.94. The predicted octanol–water partition coefficient (Wildman–Crippen LogP) is 4.36. The number of ether oxygens (including phenoxy) is 1. The van der Waals surface area contributed by atoms with Crippen LogP contribution in [0.1, 0.15) is 11.8 Å². The summed E-state index contributed by atoms with van der Waals surface area (Å²) in [6.45, 7) is 3.87. The summed E-state index contributed by atoms with van der Waals surface area (Å²) in [5, 5.41) is 2.69. The number of fused-ring (bicyclic) bond motifs is 1. The summed E-state index contributed by atoms with van der Waals surface area (Å²) in [5.41, 5.74) is 0.809. The van der Waals surface area contributed by atoms with E-state index in [1.165, 1.54) is 11.3 Å². The third-order valence-electron chi connectivity index (χ3n) is 3.87. The van der Waals surface area contributed by atoms with Crippen LogP contribution in [0.25, 0.3) is 16.3 Å². The van der Waals surface area contributed by atoms with Gasteiger partial charge in [-0.2, -0.15) is 0 Å². The lowest BCUT2D eigenvalue weighted by Crippen LogP contribution is -2.35. The Labute approximate surface area is 167 Å². The number of nitrogens with zero attached hydrogens (tertiary/aromatic N) is 3. The van der Waals surface area contributed by atoms with Crippen molar-refractivity contribution in [2.75, 3.05) is 38.7 Å². The molecule has 0 radical (unpaired) electrons. The van der Waals surface area contributed by atoms with E-state index in [1.807, 2.05) is 62.8 Å². The predicted molar refractivity (Wildman–Crippen MR) is 115 cm³/mol. The highest BCUT2D eigenvalue weighted by Gasteiger charge is 2.19. The van der Waals surface area contributed by atoms with Gasteiger partial charge in [-0.25, -0.2) is 4.98 Å². The summed E-state index contributed by atoms with van der Waals surface area (Å²) in [4.78, 5) is 22.5. The SMILES string of the molecule is CCOc1cccc2sc(N(CCN(C)C)C(=O)/C=C/c3cccs3)nc12. The summed E-state index contributed by atoms with van der Waals surface area (Å²) in [7, 11) is 3.99. The van der Waals surface area contributed by atoms with E-state index in [0.717, 1.165) is 27.4 Å². The zero-order chi connectivity index (χ0) is 19.2. The molecule has 1 aromatic carbocycles. The number of hydrogen-bond donors (Lipinski definition) is 0. The molecule has 2 heterocycles. The number of benzene rings is 1. The molecule has 0 spiro atoms. The number of thiophene rings is 1. The fraction of sp³-hybridized carbons (Fsp3) is 0.300. The lowest BCUT2D eigenvalue weighted by Gasteiger charge is -2.20. The maximum atomic E-state index is 12.9. The van der Waals surface area contributed by atoms with Gasteiger partial charge in [0, 0.05) is 24.0 Å². The summed E-state index contributed by atoms with van der Waals surface area (Å²) in [5.74, 6) is 0.689. The van der Waals surface area contributed by atoms with Crippen molar-refractivity contribution >= 4 is 50.0 Å². The fourth-order valence-corrected chi connectivity index (χ4v) is 4.16. The monoisotopic (exact) mass is 401 g/mol. The summed E-state index contributed by atoms with van der Waals surface area (Å²) < 4.78 is 6.70. The molecular weight excluding hydrogens is 378 g/mol. The number of hydrogen-bond acceptors (Lipinski definition) is 6. The van der Waals surface area contributed by atoms with E-state index in [-0.39, 0.29) is 5.91 Å². The van der Waals surface area contributed by atoms with Crippen molar-refractivity contribution in [1.29, 1.82) is 0 Å². The first-order valence-corrected chi connectivity index (χ1v) is 10.5. The van der Waals surface area contributed by atoms with Gasteiger partial charge in [0.25, 0.3) is 5.91 Å². The van der Waals surface area contributed by atoms with Gasteiger partial charge in [0.05, 0.1) is 11.3 Å². The quantitative estimate of drug-likeness (QED) is 0.526. The second-order valence-corrected chi connectivity index (χ2v) is 8.16. The van der Waals surface area contributed by atoms with Gasteiger partial charge in [0.1, 0.15) is 11.3 Å². The lowest BCUT2D eigenvalue weighted by molar-refractivity contribution is -0.114. The van der Waals surface area contributed by atoms with Crippen molar-refractivity contribution in [3.63, 3.8) is 0 Å². The molecule has 7 heteroatoms. The van der Waals surface area contributed by atoms with Crippen LogP contribution < -0.4 is 9.64 Å². The molecule has 0 atom stereocenters. The average Bonchev–Trinajstić information content (AvgIpc) is 3.30. The van der Waals surface area contributed by atoms with Crippen molar-refractivity contribution in [2.45, 2.75) is 6.92 Å². The van der Waals surface area contributed by atoms with Gasteiger partial charge >= 0.3 is 0 Å². The highest BCUT2D eigenvalue weighted by molar-refractivity contribution is 7.22. The molecule has 1 amide bonds. The van der Waals surface area contributed by atoms with Crippen molar-refractivity contribution in [3.05, 3.63) is 46.7 Å². The molecule has 2 aromatic heterocycles. The largest absolute Gasteiger partial charge is 0.492 e. The molecule has 0 aliphatic heterocycles. The zero-order valence-electron chi connectivity index (χ0n) is 15.7. The van der Waals surface area contributed by atoms with E-state index in [2.05, 4.69) is 4.90 Å². The third-order valence-corrected chi connectivity index (χ3v) is 5.75. The first-order chi connectivity index (χ1) is 13.1. The van der Waals surface area contributed by atoms with Crippen LogP contribution in [0.4, 0.5) is 5.13 Å². The molecule has 27 heavy (non-hydrogen) atoms. The van der Waals surface area contributed by atoms with Crippen LogP contribution >= 0.6 is 22.7 Å². The molecular formula is C20H23N3O2S2. The number of carbonyl (C=O) groups excluding carboxylic acids is 1. The molecule has 0 N–H and O–H groups in total. The Balaban J connectivity index is 1.91. The molecule has 0 fully saturated rings. The Morgan fingerprint density at radius 1 is 1.22 bits per heavy atom. The maximum Gasteiger partial charge on any atom is 0.252 e. The van der Waals surface area contributed by atoms with Gasteiger partial charge in [0.2, 0.25) is 0 Å². The first-order valence-electron chi connectivity index (χ1n) is 8.78. The topological polar surface area (TPSA) is 45.7 Å². The summed E-state index contributed by atoms with van der Waals surface area (Å²) in [6, 6.07) is 9.84. The molecule has 3 aromatic rings. The number of rotatable bonds is 8. The van der Waals surface area contributed by atoms with Gasteiger partial charge < -0.3 is 9.64 Å². The minimum Gasteiger partial charge on any atom is -0.492 e. The molecule has 0 bridgehead atoms. The van der Waals surface area contributed by atoms with Crippen molar-refractivity contribution < 1.29 is 9.53 Å². The highest BCUT2D eigenvalue weighted by atomic mass is 32.1. The van der Waals surface area contributed by atoms with Gasteiger partial charge in [0.15, 0.2) is 5.13 Å². The second kappa shape index (κ2) is 9.12. The summed E-state index contributed by atoms with van der Waals surface area (Å²) in [6.07, 6.45) is 3.48. The normalized spacial score (nSPS) is 11.6. The van der Waals surface area contributed by atoms with Crippen molar-refractivity contribution in [2.24, 2.45) is 0 Å². The van der Waals surface area contributed by atoms with Gasteiger partial charge in [-0.15, -0.1) is 11.3 Å². The minimum absolute atomic E-state index is 0.0673. The van der Waals surface area contributed by atoms with Crippen LogP contribution in [0, 0.1) is 0 Å². The Kier molecular flexibility index (Phi) is 6.60. The number of likely N-dealkylation sites (N-methyl/N-ethyl adjacent to an activating group) is 1. The van der Waals surface area contributed by atoms with E-state index in [0.29, 0.717) is 18.3 Å². The number of thiazole rings is 1. The van der Waals surface area contributed by atoms with Crippen LogP contribution in [-0.2, 0) is 4.79 Å². The number of amides is 1. The minimum atomic E-state index is -0.0673.